The van der Waals surface area contributed by atoms with Gasteiger partial charge in [0.1, 0.15) is 0 Å². The largest absolute Gasteiger partial charge is 0.504 e. The molecular weight excluding hydrogens is 218 g/mol. The van der Waals surface area contributed by atoms with Crippen LogP contribution in [0.4, 0.5) is 0 Å². The van der Waals surface area contributed by atoms with Gasteiger partial charge in [0.05, 0.1) is 0 Å². The van der Waals surface area contributed by atoms with Crippen molar-refractivity contribution in [3.05, 3.63) is 17.7 Å². The fraction of sp³-hybridized carbons (Fsp3) is 0.400. The predicted molar refractivity (Wildman–Crippen MR) is 58.8 cm³/mol. The Hall–Kier alpha value is -1.13. The molecule has 1 heterocycles. The maximum Gasteiger partial charge on any atom is 0.231 e. The zero-order valence-corrected chi connectivity index (χ0v) is 9.21. The summed E-state index contributed by atoms with van der Waals surface area (Å²) in [7, 11) is 0. The van der Waals surface area contributed by atoms with Crippen LogP contribution in [0.3, 0.4) is 0 Å². The minimum Gasteiger partial charge on any atom is -0.504 e. The van der Waals surface area contributed by atoms with Crippen LogP contribution in [-0.2, 0) is 6.42 Å². The second-order valence-electron chi connectivity index (χ2n) is 3.49. The normalized spacial score (nSPS) is 14.5. The molecule has 1 aliphatic heterocycles. The average Bonchev–Trinajstić information content (AvgIpc) is 2.57. The predicted octanol–water partition coefficient (Wildman–Crippen LogP) is 1.43. The van der Waals surface area contributed by atoms with Gasteiger partial charge in [-0.3, -0.25) is 0 Å². The molecule has 0 amide bonds. The summed E-state index contributed by atoms with van der Waals surface area (Å²) in [5.41, 5.74) is 6.45. The lowest BCUT2D eigenvalue weighted by atomic mass is 10.1. The molecule has 0 unspecified atom stereocenters. The monoisotopic (exact) mass is 231 g/mol. The van der Waals surface area contributed by atoms with Gasteiger partial charge in [-0.05, 0) is 25.0 Å². The van der Waals surface area contributed by atoms with Crippen molar-refractivity contribution in [1.82, 2.24) is 0 Å². The molecule has 3 N–H and O–H groups in total. The van der Waals surface area contributed by atoms with Gasteiger partial charge >= 0.3 is 0 Å². The summed E-state index contributed by atoms with van der Waals surface area (Å²) in [5, 5.41) is 9.80. The number of hydrogen-bond acceptors (Lipinski definition) is 4. The van der Waals surface area contributed by atoms with E-state index in [4.69, 9.17) is 15.2 Å². The van der Waals surface area contributed by atoms with E-state index < -0.39 is 0 Å². The number of halogens is 1. The standard InChI is InChI=1S/C10H13NO3.ClH/c1-6(11)4-7-2-3-8-10(9(7)12)14-5-13-8;/h2-3,6,12H,4-5,11H2,1H3;1H/t6-;/m0./s1. The highest BCUT2D eigenvalue weighted by molar-refractivity contribution is 5.85. The van der Waals surface area contributed by atoms with E-state index in [9.17, 15) is 5.11 Å². The summed E-state index contributed by atoms with van der Waals surface area (Å²) in [6.45, 7) is 2.06. The molecular formula is C10H14ClNO3. The summed E-state index contributed by atoms with van der Waals surface area (Å²) >= 11 is 0. The van der Waals surface area contributed by atoms with E-state index in [-0.39, 0.29) is 31.0 Å². The minimum absolute atomic E-state index is 0. The first-order valence-electron chi connectivity index (χ1n) is 4.54. The summed E-state index contributed by atoms with van der Waals surface area (Å²) < 4.78 is 10.3. The zero-order valence-electron chi connectivity index (χ0n) is 8.40. The lowest BCUT2D eigenvalue weighted by Crippen LogP contribution is -2.17. The van der Waals surface area contributed by atoms with Gasteiger partial charge in [0.15, 0.2) is 11.5 Å². The smallest absolute Gasteiger partial charge is 0.231 e. The molecule has 0 aromatic heterocycles. The lowest BCUT2D eigenvalue weighted by Gasteiger charge is -2.08. The number of ether oxygens (including phenoxy) is 2. The molecule has 1 aromatic carbocycles. The van der Waals surface area contributed by atoms with Crippen LogP contribution in [0.2, 0.25) is 0 Å². The second kappa shape index (κ2) is 4.59. The lowest BCUT2D eigenvalue weighted by molar-refractivity contribution is 0.171. The number of rotatable bonds is 2. The van der Waals surface area contributed by atoms with Crippen LogP contribution < -0.4 is 15.2 Å². The van der Waals surface area contributed by atoms with E-state index in [1.165, 1.54) is 0 Å². The van der Waals surface area contributed by atoms with Gasteiger partial charge < -0.3 is 20.3 Å². The Morgan fingerprint density at radius 3 is 2.87 bits per heavy atom. The van der Waals surface area contributed by atoms with Gasteiger partial charge in [0.25, 0.3) is 0 Å². The maximum absolute atomic E-state index is 9.80. The quantitative estimate of drug-likeness (QED) is 0.808. The Kier molecular flexibility index (Phi) is 3.66. The molecule has 4 nitrogen and oxygen atoms in total. The van der Waals surface area contributed by atoms with Crippen molar-refractivity contribution in [3.63, 3.8) is 0 Å². The number of phenols is 1. The molecule has 2 rings (SSSR count). The molecule has 0 spiro atoms. The molecule has 84 valence electrons. The molecule has 1 atom stereocenters. The SMILES string of the molecule is C[C@H](N)Cc1ccc2c(c1O)OCO2.Cl. The van der Waals surface area contributed by atoms with Crippen LogP contribution >= 0.6 is 12.4 Å². The van der Waals surface area contributed by atoms with Crippen LogP contribution in [-0.4, -0.2) is 17.9 Å². The Bertz CT molecular complexity index is 355. The van der Waals surface area contributed by atoms with Gasteiger partial charge in [-0.1, -0.05) is 6.07 Å². The fourth-order valence-corrected chi connectivity index (χ4v) is 1.51. The van der Waals surface area contributed by atoms with Crippen molar-refractivity contribution in [3.8, 4) is 17.2 Å². The third kappa shape index (κ3) is 2.27. The van der Waals surface area contributed by atoms with E-state index in [2.05, 4.69) is 0 Å². The third-order valence-corrected chi connectivity index (χ3v) is 2.14. The summed E-state index contributed by atoms with van der Waals surface area (Å²) in [6.07, 6.45) is 0.627. The first-order chi connectivity index (χ1) is 6.68. The molecule has 0 aliphatic carbocycles. The van der Waals surface area contributed by atoms with Crippen LogP contribution in [0.25, 0.3) is 0 Å². The Labute approximate surface area is 94.4 Å². The molecule has 0 bridgehead atoms. The fourth-order valence-electron chi connectivity index (χ4n) is 1.51. The van der Waals surface area contributed by atoms with E-state index >= 15 is 0 Å². The molecule has 0 saturated carbocycles. The second-order valence-corrected chi connectivity index (χ2v) is 3.49. The van der Waals surface area contributed by atoms with Gasteiger partial charge in [-0.2, -0.15) is 0 Å². The van der Waals surface area contributed by atoms with E-state index in [1.807, 2.05) is 13.0 Å². The number of fused-ring (bicyclic) bond motifs is 1. The van der Waals surface area contributed by atoms with Crippen LogP contribution in [0, 0.1) is 0 Å². The first kappa shape index (κ1) is 11.9. The number of nitrogens with two attached hydrogens (primary N) is 1. The van der Waals surface area contributed by atoms with Crippen molar-refractivity contribution in [2.75, 3.05) is 6.79 Å². The Morgan fingerprint density at radius 2 is 2.20 bits per heavy atom. The highest BCUT2D eigenvalue weighted by Crippen LogP contribution is 2.42. The first-order valence-corrected chi connectivity index (χ1v) is 4.54. The van der Waals surface area contributed by atoms with Crippen LogP contribution in [0.5, 0.6) is 17.2 Å². The average molecular weight is 232 g/mol. The molecule has 0 radical (unpaired) electrons. The summed E-state index contributed by atoms with van der Waals surface area (Å²) in [5.74, 6) is 1.18. The Morgan fingerprint density at radius 1 is 1.47 bits per heavy atom. The van der Waals surface area contributed by atoms with Gasteiger partial charge in [-0.15, -0.1) is 12.4 Å². The zero-order chi connectivity index (χ0) is 10.1. The summed E-state index contributed by atoms with van der Waals surface area (Å²) in [6, 6.07) is 3.62. The van der Waals surface area contributed by atoms with E-state index in [0.29, 0.717) is 17.9 Å². The van der Waals surface area contributed by atoms with Gasteiger partial charge in [0, 0.05) is 6.04 Å². The number of phenolic OH excluding ortho intramolecular Hbond substituents is 1. The van der Waals surface area contributed by atoms with Gasteiger partial charge in [0.2, 0.25) is 12.5 Å². The van der Waals surface area contributed by atoms with Crippen LogP contribution in [0.15, 0.2) is 12.1 Å². The third-order valence-electron chi connectivity index (χ3n) is 2.14. The topological polar surface area (TPSA) is 64.7 Å². The van der Waals surface area contributed by atoms with Crippen LogP contribution in [0.1, 0.15) is 12.5 Å². The van der Waals surface area contributed by atoms with Crippen molar-refractivity contribution in [2.45, 2.75) is 19.4 Å². The number of hydrogen-bond donors (Lipinski definition) is 2. The van der Waals surface area contributed by atoms with Gasteiger partial charge in [-0.25, -0.2) is 0 Å². The summed E-state index contributed by atoms with van der Waals surface area (Å²) in [4.78, 5) is 0. The molecule has 5 heteroatoms. The van der Waals surface area contributed by atoms with Crippen molar-refractivity contribution < 1.29 is 14.6 Å². The van der Waals surface area contributed by atoms with E-state index in [0.717, 1.165) is 5.56 Å². The van der Waals surface area contributed by atoms with E-state index in [1.54, 1.807) is 6.07 Å². The number of benzene rings is 1. The van der Waals surface area contributed by atoms with Crippen molar-refractivity contribution in [2.24, 2.45) is 5.73 Å². The maximum atomic E-state index is 9.80. The molecule has 1 aromatic rings. The highest BCUT2D eigenvalue weighted by Gasteiger charge is 2.20. The molecule has 1 aliphatic rings. The van der Waals surface area contributed by atoms with Crippen molar-refractivity contribution in [1.29, 1.82) is 0 Å². The molecule has 0 saturated heterocycles. The Balaban J connectivity index is 0.00000112. The molecule has 0 fully saturated rings. The minimum atomic E-state index is 0. The highest BCUT2D eigenvalue weighted by atomic mass is 35.5. The molecule has 15 heavy (non-hydrogen) atoms. The number of aromatic hydroxyl groups is 1. The van der Waals surface area contributed by atoms with Crippen molar-refractivity contribution >= 4 is 12.4 Å².